The van der Waals surface area contributed by atoms with E-state index in [1.807, 2.05) is 19.1 Å². The lowest BCUT2D eigenvalue weighted by Crippen LogP contribution is -2.05. The molecule has 0 aliphatic heterocycles. The van der Waals surface area contributed by atoms with Gasteiger partial charge in [0.05, 0.1) is 11.1 Å². The van der Waals surface area contributed by atoms with Crippen molar-refractivity contribution in [1.82, 2.24) is 0 Å². The maximum absolute atomic E-state index is 12.6. The largest absolute Gasteiger partial charge is 0.456 e. The zero-order valence-corrected chi connectivity index (χ0v) is 11.2. The Bertz CT molecular complexity index is 669. The lowest BCUT2D eigenvalue weighted by Gasteiger charge is -2.11. The Kier molecular flexibility index (Phi) is 4.18. The summed E-state index contributed by atoms with van der Waals surface area (Å²) in [6, 6.07) is 11.7. The molecule has 2 aromatic rings. The molecule has 108 valence electrons. The van der Waals surface area contributed by atoms with Crippen molar-refractivity contribution >= 4 is 0 Å². The van der Waals surface area contributed by atoms with Crippen molar-refractivity contribution in [1.29, 1.82) is 5.26 Å². The van der Waals surface area contributed by atoms with E-state index in [1.54, 1.807) is 18.2 Å². The van der Waals surface area contributed by atoms with Crippen LogP contribution in [-0.4, -0.2) is 0 Å². The number of nitrogens with zero attached hydrogens (tertiary/aromatic N) is 1. The van der Waals surface area contributed by atoms with Crippen molar-refractivity contribution in [3.05, 3.63) is 59.2 Å². The second kappa shape index (κ2) is 5.88. The standard InChI is InChI=1S/C16H12F3NO/c1-2-11-3-6-14(7-4-11)21-15-8-5-13(16(17,18)19)9-12(15)10-20/h3-9H,2H2,1H3. The Morgan fingerprint density at radius 1 is 1.10 bits per heavy atom. The fourth-order valence-electron chi connectivity index (χ4n) is 1.80. The summed E-state index contributed by atoms with van der Waals surface area (Å²) in [4.78, 5) is 0. The van der Waals surface area contributed by atoms with Gasteiger partial charge in [-0.15, -0.1) is 0 Å². The van der Waals surface area contributed by atoms with E-state index in [0.717, 1.165) is 30.2 Å². The molecular weight excluding hydrogens is 279 g/mol. The van der Waals surface area contributed by atoms with E-state index < -0.39 is 11.7 Å². The van der Waals surface area contributed by atoms with Crippen LogP contribution in [0.4, 0.5) is 13.2 Å². The molecule has 0 aliphatic carbocycles. The van der Waals surface area contributed by atoms with Gasteiger partial charge in [0.1, 0.15) is 17.6 Å². The van der Waals surface area contributed by atoms with Crippen molar-refractivity contribution < 1.29 is 17.9 Å². The van der Waals surface area contributed by atoms with Gasteiger partial charge < -0.3 is 4.74 Å². The third-order valence-corrected chi connectivity index (χ3v) is 2.99. The second-order valence-electron chi connectivity index (χ2n) is 4.42. The summed E-state index contributed by atoms with van der Waals surface area (Å²) >= 11 is 0. The van der Waals surface area contributed by atoms with E-state index in [1.165, 1.54) is 0 Å². The lowest BCUT2D eigenvalue weighted by molar-refractivity contribution is -0.137. The maximum atomic E-state index is 12.6. The molecule has 21 heavy (non-hydrogen) atoms. The van der Waals surface area contributed by atoms with Crippen molar-refractivity contribution in [2.75, 3.05) is 0 Å². The molecule has 0 saturated carbocycles. The number of alkyl halides is 3. The Morgan fingerprint density at radius 2 is 1.76 bits per heavy atom. The number of halogens is 3. The Morgan fingerprint density at radius 3 is 2.29 bits per heavy atom. The monoisotopic (exact) mass is 291 g/mol. The normalized spacial score (nSPS) is 11.0. The molecule has 0 heterocycles. The highest BCUT2D eigenvalue weighted by Crippen LogP contribution is 2.33. The van der Waals surface area contributed by atoms with Crippen LogP contribution in [0.25, 0.3) is 0 Å². The molecule has 0 atom stereocenters. The minimum atomic E-state index is -4.48. The fraction of sp³-hybridized carbons (Fsp3) is 0.188. The zero-order valence-electron chi connectivity index (χ0n) is 11.2. The predicted molar refractivity (Wildman–Crippen MR) is 72.1 cm³/mol. The van der Waals surface area contributed by atoms with E-state index in [9.17, 15) is 13.2 Å². The van der Waals surface area contributed by atoms with Crippen molar-refractivity contribution in [2.45, 2.75) is 19.5 Å². The van der Waals surface area contributed by atoms with Crippen LogP contribution in [0, 0.1) is 11.3 Å². The highest BCUT2D eigenvalue weighted by molar-refractivity contribution is 5.48. The van der Waals surface area contributed by atoms with E-state index >= 15 is 0 Å². The number of hydrogen-bond acceptors (Lipinski definition) is 2. The molecule has 2 aromatic carbocycles. The number of nitriles is 1. The summed E-state index contributed by atoms with van der Waals surface area (Å²) in [5.41, 5.74) is 0.104. The first-order chi connectivity index (χ1) is 9.94. The Balaban J connectivity index is 2.29. The number of ether oxygens (including phenoxy) is 1. The molecule has 5 heteroatoms. The number of benzene rings is 2. The van der Waals surface area contributed by atoms with Crippen LogP contribution in [-0.2, 0) is 12.6 Å². The van der Waals surface area contributed by atoms with Crippen molar-refractivity contribution in [2.24, 2.45) is 0 Å². The molecular formula is C16H12F3NO. The number of aryl methyl sites for hydroxylation is 1. The summed E-state index contributed by atoms with van der Waals surface area (Å²) in [6.07, 6.45) is -3.60. The van der Waals surface area contributed by atoms with Gasteiger partial charge >= 0.3 is 6.18 Å². The molecule has 0 fully saturated rings. The summed E-state index contributed by atoms with van der Waals surface area (Å²) in [7, 11) is 0. The van der Waals surface area contributed by atoms with Gasteiger partial charge in [-0.3, -0.25) is 0 Å². The Hall–Kier alpha value is -2.48. The van der Waals surface area contributed by atoms with Gasteiger partial charge in [0, 0.05) is 0 Å². The highest BCUT2D eigenvalue weighted by atomic mass is 19.4. The first kappa shape index (κ1) is 14.9. The first-order valence-corrected chi connectivity index (χ1v) is 6.32. The molecule has 2 rings (SSSR count). The third kappa shape index (κ3) is 3.54. The van der Waals surface area contributed by atoms with Crippen LogP contribution in [0.15, 0.2) is 42.5 Å². The average Bonchev–Trinajstić information content (AvgIpc) is 2.47. The maximum Gasteiger partial charge on any atom is 0.416 e. The van der Waals surface area contributed by atoms with Crippen LogP contribution in [0.3, 0.4) is 0 Å². The van der Waals surface area contributed by atoms with E-state index in [2.05, 4.69) is 0 Å². The van der Waals surface area contributed by atoms with Gasteiger partial charge in [0.25, 0.3) is 0 Å². The van der Waals surface area contributed by atoms with Crippen LogP contribution in [0.2, 0.25) is 0 Å². The van der Waals surface area contributed by atoms with E-state index in [-0.39, 0.29) is 11.3 Å². The topological polar surface area (TPSA) is 33.0 Å². The highest BCUT2D eigenvalue weighted by Gasteiger charge is 2.31. The summed E-state index contributed by atoms with van der Waals surface area (Å²) < 4.78 is 43.3. The summed E-state index contributed by atoms with van der Waals surface area (Å²) in [5.74, 6) is 0.582. The molecule has 0 aliphatic rings. The molecule has 2 nitrogen and oxygen atoms in total. The molecule has 0 radical (unpaired) electrons. The summed E-state index contributed by atoms with van der Waals surface area (Å²) in [5, 5.41) is 8.97. The smallest absolute Gasteiger partial charge is 0.416 e. The summed E-state index contributed by atoms with van der Waals surface area (Å²) in [6.45, 7) is 2.01. The minimum Gasteiger partial charge on any atom is -0.456 e. The zero-order chi connectivity index (χ0) is 15.5. The third-order valence-electron chi connectivity index (χ3n) is 2.99. The van der Waals surface area contributed by atoms with Crippen LogP contribution in [0.1, 0.15) is 23.6 Å². The van der Waals surface area contributed by atoms with Crippen molar-refractivity contribution in [3.8, 4) is 17.6 Å². The van der Waals surface area contributed by atoms with Crippen molar-refractivity contribution in [3.63, 3.8) is 0 Å². The fourth-order valence-corrected chi connectivity index (χ4v) is 1.80. The first-order valence-electron chi connectivity index (χ1n) is 6.32. The van der Waals surface area contributed by atoms with Gasteiger partial charge in [0.15, 0.2) is 0 Å². The van der Waals surface area contributed by atoms with Gasteiger partial charge in [-0.1, -0.05) is 19.1 Å². The van der Waals surface area contributed by atoms with Gasteiger partial charge in [0.2, 0.25) is 0 Å². The Labute approximate surface area is 120 Å². The number of hydrogen-bond donors (Lipinski definition) is 0. The quantitative estimate of drug-likeness (QED) is 0.803. The molecule has 0 bridgehead atoms. The lowest BCUT2D eigenvalue weighted by atomic mass is 10.1. The molecule has 0 amide bonds. The van der Waals surface area contributed by atoms with Gasteiger partial charge in [-0.05, 0) is 42.3 Å². The van der Waals surface area contributed by atoms with Gasteiger partial charge in [-0.25, -0.2) is 0 Å². The predicted octanol–water partition coefficient (Wildman–Crippen LogP) is 4.93. The minimum absolute atomic E-state index is 0.106. The van der Waals surface area contributed by atoms with Crippen LogP contribution in [0.5, 0.6) is 11.5 Å². The molecule has 0 saturated heterocycles. The average molecular weight is 291 g/mol. The van der Waals surface area contributed by atoms with Gasteiger partial charge in [-0.2, -0.15) is 18.4 Å². The molecule has 0 spiro atoms. The SMILES string of the molecule is CCc1ccc(Oc2ccc(C(F)(F)F)cc2C#N)cc1. The van der Waals surface area contributed by atoms with Crippen LogP contribution < -0.4 is 4.74 Å². The number of rotatable bonds is 3. The van der Waals surface area contributed by atoms with E-state index in [4.69, 9.17) is 10.00 Å². The van der Waals surface area contributed by atoms with Crippen LogP contribution >= 0.6 is 0 Å². The molecule has 0 aromatic heterocycles. The second-order valence-corrected chi connectivity index (χ2v) is 4.42. The van der Waals surface area contributed by atoms with E-state index in [0.29, 0.717) is 5.75 Å². The molecule has 0 unspecified atom stereocenters. The molecule has 0 N–H and O–H groups in total.